The fourth-order valence-corrected chi connectivity index (χ4v) is 4.72. The van der Waals surface area contributed by atoms with Crippen LogP contribution < -0.4 is 19.8 Å². The van der Waals surface area contributed by atoms with Crippen molar-refractivity contribution in [2.24, 2.45) is 5.10 Å². The van der Waals surface area contributed by atoms with E-state index in [-0.39, 0.29) is 5.75 Å². The molecule has 2 N–H and O–H groups in total. The normalized spacial score (nSPS) is 11.1. The Bertz CT molecular complexity index is 1810. The van der Waals surface area contributed by atoms with E-state index in [4.69, 9.17) is 21.1 Å². The zero-order valence-corrected chi connectivity index (χ0v) is 24.3. The third kappa shape index (κ3) is 5.99. The summed E-state index contributed by atoms with van der Waals surface area (Å²) in [6.07, 6.45) is 1.48. The average molecular weight is 581 g/mol. The van der Waals surface area contributed by atoms with Crippen LogP contribution in [0.3, 0.4) is 0 Å². The number of rotatable bonds is 8. The first-order valence-electron chi connectivity index (χ1n) is 13.1. The SMILES string of the molecule is COc1cc(C=NNC(=O)c2[nH]c3ccc(N(C)C)cc3c2-c2ccccc2Cl)ccc1OC(=O)c1ccc(C)cc1. The van der Waals surface area contributed by atoms with Crippen molar-refractivity contribution in [2.75, 3.05) is 26.1 Å². The van der Waals surface area contributed by atoms with Crippen LogP contribution in [-0.2, 0) is 0 Å². The van der Waals surface area contributed by atoms with Crippen molar-refractivity contribution in [3.8, 4) is 22.6 Å². The maximum absolute atomic E-state index is 13.4. The third-order valence-corrected chi connectivity index (χ3v) is 7.06. The molecule has 9 heteroatoms. The number of aromatic nitrogens is 1. The highest BCUT2D eigenvalue weighted by atomic mass is 35.5. The molecule has 1 amide bonds. The molecule has 4 aromatic carbocycles. The van der Waals surface area contributed by atoms with Crippen LogP contribution in [0, 0.1) is 6.92 Å². The number of H-pyrrole nitrogens is 1. The number of nitrogens with zero attached hydrogens (tertiary/aromatic N) is 2. The minimum atomic E-state index is -0.493. The first-order chi connectivity index (χ1) is 20.2. The van der Waals surface area contributed by atoms with Gasteiger partial charge in [0.25, 0.3) is 5.91 Å². The van der Waals surface area contributed by atoms with Gasteiger partial charge < -0.3 is 19.4 Å². The second-order valence-corrected chi connectivity index (χ2v) is 10.3. The van der Waals surface area contributed by atoms with Crippen LogP contribution in [0.25, 0.3) is 22.0 Å². The Morgan fingerprint density at radius 2 is 1.71 bits per heavy atom. The van der Waals surface area contributed by atoms with Crippen LogP contribution in [0.15, 0.2) is 90.0 Å². The number of carbonyl (C=O) groups excluding carboxylic acids is 2. The molecular formula is C33H29ClN4O4. The summed E-state index contributed by atoms with van der Waals surface area (Å²) in [7, 11) is 5.40. The molecule has 1 heterocycles. The topological polar surface area (TPSA) is 96.0 Å². The maximum Gasteiger partial charge on any atom is 0.343 e. The number of benzene rings is 4. The van der Waals surface area contributed by atoms with E-state index in [1.165, 1.54) is 13.3 Å². The number of aromatic amines is 1. The highest BCUT2D eigenvalue weighted by Gasteiger charge is 2.21. The summed E-state index contributed by atoms with van der Waals surface area (Å²) in [5.74, 6) is -0.311. The molecule has 0 spiro atoms. The number of hydrogen-bond donors (Lipinski definition) is 2. The summed E-state index contributed by atoms with van der Waals surface area (Å²) in [6.45, 7) is 1.94. The Labute approximate surface area is 248 Å². The lowest BCUT2D eigenvalue weighted by molar-refractivity contribution is 0.0729. The molecule has 0 aliphatic rings. The number of carbonyl (C=O) groups is 2. The molecule has 5 rings (SSSR count). The number of fused-ring (bicyclic) bond motifs is 1. The highest BCUT2D eigenvalue weighted by molar-refractivity contribution is 6.34. The number of aryl methyl sites for hydroxylation is 1. The van der Waals surface area contributed by atoms with Crippen LogP contribution in [0.4, 0.5) is 5.69 Å². The fraction of sp³-hybridized carbons (Fsp3) is 0.121. The number of hydrogen-bond acceptors (Lipinski definition) is 6. The van der Waals surface area contributed by atoms with Crippen LogP contribution in [0.5, 0.6) is 11.5 Å². The van der Waals surface area contributed by atoms with E-state index >= 15 is 0 Å². The van der Waals surface area contributed by atoms with E-state index in [9.17, 15) is 9.59 Å². The molecule has 1 aromatic heterocycles. The number of nitrogens with one attached hydrogen (secondary N) is 2. The Kier molecular flexibility index (Phi) is 8.26. The number of amides is 1. The smallest absolute Gasteiger partial charge is 0.343 e. The maximum atomic E-state index is 13.4. The Hall–Kier alpha value is -5.08. The van der Waals surface area contributed by atoms with Gasteiger partial charge in [-0.3, -0.25) is 4.79 Å². The van der Waals surface area contributed by atoms with Gasteiger partial charge in [-0.25, -0.2) is 10.2 Å². The fourth-order valence-electron chi connectivity index (χ4n) is 4.49. The second-order valence-electron chi connectivity index (χ2n) is 9.84. The van der Waals surface area contributed by atoms with E-state index < -0.39 is 11.9 Å². The van der Waals surface area contributed by atoms with Crippen LogP contribution in [0.1, 0.15) is 32.0 Å². The molecule has 0 atom stereocenters. The molecule has 0 saturated carbocycles. The molecule has 0 aliphatic heterocycles. The Morgan fingerprint density at radius 1 is 0.952 bits per heavy atom. The van der Waals surface area contributed by atoms with E-state index in [1.807, 2.05) is 74.4 Å². The molecule has 0 radical (unpaired) electrons. The van der Waals surface area contributed by atoms with E-state index in [1.54, 1.807) is 36.4 Å². The lowest BCUT2D eigenvalue weighted by atomic mass is 10.0. The predicted octanol–water partition coefficient (Wildman–Crippen LogP) is 6.85. The summed E-state index contributed by atoms with van der Waals surface area (Å²) in [4.78, 5) is 31.2. The first-order valence-corrected chi connectivity index (χ1v) is 13.5. The second kappa shape index (κ2) is 12.2. The number of esters is 1. The van der Waals surface area contributed by atoms with Crippen molar-refractivity contribution in [3.05, 3.63) is 112 Å². The van der Waals surface area contributed by atoms with Gasteiger partial charge in [-0.2, -0.15) is 5.10 Å². The van der Waals surface area contributed by atoms with Gasteiger partial charge in [0, 0.05) is 46.8 Å². The molecule has 0 aliphatic carbocycles. The van der Waals surface area contributed by atoms with Gasteiger partial charge in [0.05, 0.1) is 18.9 Å². The third-order valence-electron chi connectivity index (χ3n) is 6.73. The van der Waals surface area contributed by atoms with Crippen LogP contribution in [0.2, 0.25) is 5.02 Å². The van der Waals surface area contributed by atoms with Crippen LogP contribution >= 0.6 is 11.6 Å². The van der Waals surface area contributed by atoms with Gasteiger partial charge in [-0.05, 0) is 67.1 Å². The Morgan fingerprint density at radius 3 is 2.43 bits per heavy atom. The van der Waals surface area contributed by atoms with Crippen LogP contribution in [-0.4, -0.2) is 44.3 Å². The van der Waals surface area contributed by atoms with Gasteiger partial charge in [0.1, 0.15) is 5.69 Å². The minimum Gasteiger partial charge on any atom is -0.493 e. The largest absolute Gasteiger partial charge is 0.493 e. The Balaban J connectivity index is 1.38. The lowest BCUT2D eigenvalue weighted by Crippen LogP contribution is -2.19. The molecule has 0 saturated heterocycles. The number of hydrazone groups is 1. The minimum absolute atomic E-state index is 0.267. The van der Waals surface area contributed by atoms with E-state index in [0.29, 0.717) is 33.2 Å². The molecular weight excluding hydrogens is 552 g/mol. The summed E-state index contributed by atoms with van der Waals surface area (Å²) in [6, 6.07) is 25.4. The number of halogens is 1. The first kappa shape index (κ1) is 28.4. The van der Waals surface area contributed by atoms with Gasteiger partial charge in [-0.15, -0.1) is 0 Å². The zero-order chi connectivity index (χ0) is 29.8. The van der Waals surface area contributed by atoms with E-state index in [2.05, 4.69) is 15.5 Å². The standard InChI is InChI=1S/C33H29ClN4O4/c1-20-9-12-22(13-10-20)33(40)42-28-16-11-21(17-29(28)41-4)19-35-37-32(39)31-30(24-7-5-6-8-26(24)34)25-18-23(38(2)3)14-15-27(25)36-31/h5-19,36H,1-4H3,(H,37,39). The van der Waals surface area contributed by atoms with Gasteiger partial charge in [0.2, 0.25) is 0 Å². The molecule has 0 fully saturated rings. The average Bonchev–Trinajstić information content (AvgIpc) is 3.37. The highest BCUT2D eigenvalue weighted by Crippen LogP contribution is 2.38. The van der Waals surface area contributed by atoms with Crippen molar-refractivity contribution in [2.45, 2.75) is 6.92 Å². The summed E-state index contributed by atoms with van der Waals surface area (Å²) < 4.78 is 11.0. The quantitative estimate of drug-likeness (QED) is 0.0905. The lowest BCUT2D eigenvalue weighted by Gasteiger charge is -2.13. The van der Waals surface area contributed by atoms with Crippen molar-refractivity contribution in [3.63, 3.8) is 0 Å². The molecule has 42 heavy (non-hydrogen) atoms. The number of methoxy groups -OCH3 is 1. The van der Waals surface area contributed by atoms with Gasteiger partial charge >= 0.3 is 5.97 Å². The number of anilines is 1. The summed E-state index contributed by atoms with van der Waals surface area (Å²) >= 11 is 6.56. The van der Waals surface area contributed by atoms with Gasteiger partial charge in [-0.1, -0.05) is 47.5 Å². The van der Waals surface area contributed by atoms with Crippen molar-refractivity contribution in [1.29, 1.82) is 0 Å². The van der Waals surface area contributed by atoms with E-state index in [0.717, 1.165) is 27.7 Å². The molecule has 0 unspecified atom stereocenters. The predicted molar refractivity (Wildman–Crippen MR) is 167 cm³/mol. The monoisotopic (exact) mass is 580 g/mol. The van der Waals surface area contributed by atoms with Crippen molar-refractivity contribution < 1.29 is 19.1 Å². The molecule has 0 bridgehead atoms. The van der Waals surface area contributed by atoms with Crippen molar-refractivity contribution >= 4 is 46.3 Å². The molecule has 8 nitrogen and oxygen atoms in total. The van der Waals surface area contributed by atoms with Gasteiger partial charge in [0.15, 0.2) is 11.5 Å². The zero-order valence-electron chi connectivity index (χ0n) is 23.6. The summed E-state index contributed by atoms with van der Waals surface area (Å²) in [5, 5.41) is 5.56. The van der Waals surface area contributed by atoms with Crippen molar-refractivity contribution in [1.82, 2.24) is 10.4 Å². The number of ether oxygens (including phenoxy) is 2. The summed E-state index contributed by atoms with van der Waals surface area (Å²) in [5.41, 5.74) is 8.25. The molecule has 212 valence electrons. The molecule has 5 aromatic rings.